The molecule has 0 spiro atoms. The average molecular weight is 472 g/mol. The molecule has 7 nitrogen and oxygen atoms in total. The third-order valence-corrected chi connectivity index (χ3v) is 5.16. The first-order valence-corrected chi connectivity index (χ1v) is 10.7. The third kappa shape index (κ3) is 4.90. The Hall–Kier alpha value is -3.82. The molecule has 1 aliphatic rings. The first kappa shape index (κ1) is 23.3. The number of halogens is 3. The van der Waals surface area contributed by atoms with E-state index >= 15 is 0 Å². The van der Waals surface area contributed by atoms with Crippen molar-refractivity contribution in [3.8, 4) is 5.69 Å². The van der Waals surface area contributed by atoms with Crippen LogP contribution in [0.4, 0.5) is 29.3 Å². The quantitative estimate of drug-likeness (QED) is 0.534. The Labute approximate surface area is 193 Å². The van der Waals surface area contributed by atoms with Gasteiger partial charge in [0.25, 0.3) is 5.91 Å². The van der Waals surface area contributed by atoms with Crippen molar-refractivity contribution >= 4 is 23.4 Å². The molecule has 0 saturated heterocycles. The van der Waals surface area contributed by atoms with Gasteiger partial charge in [0, 0.05) is 17.3 Å². The summed E-state index contributed by atoms with van der Waals surface area (Å²) < 4.78 is 47.7. The molecule has 10 heteroatoms. The molecule has 34 heavy (non-hydrogen) atoms. The lowest BCUT2D eigenvalue weighted by Gasteiger charge is -2.20. The summed E-state index contributed by atoms with van der Waals surface area (Å²) in [6, 6.07) is 6.89. The van der Waals surface area contributed by atoms with Crippen LogP contribution < -0.4 is 10.6 Å². The van der Waals surface area contributed by atoms with Gasteiger partial charge in [-0.05, 0) is 70.4 Å². The van der Waals surface area contributed by atoms with Gasteiger partial charge in [-0.1, -0.05) is 0 Å². The van der Waals surface area contributed by atoms with Crippen LogP contribution in [0.5, 0.6) is 0 Å². The molecule has 0 saturated carbocycles. The zero-order valence-corrected chi connectivity index (χ0v) is 18.8. The number of benzene rings is 2. The summed E-state index contributed by atoms with van der Waals surface area (Å²) in [7, 11) is 0. The SMILES string of the molecule is CC(C)(C)OC(=O)Nc1ccc(F)cc1NC(=O)c1nn(-c2ccc(F)c(F)c2)c2c1CCC2. The van der Waals surface area contributed by atoms with E-state index in [0.29, 0.717) is 18.4 Å². The lowest BCUT2D eigenvalue weighted by atomic mass is 10.2. The summed E-state index contributed by atoms with van der Waals surface area (Å²) in [5.41, 5.74) is 1.19. The van der Waals surface area contributed by atoms with Crippen LogP contribution in [0.15, 0.2) is 36.4 Å². The maximum Gasteiger partial charge on any atom is 0.412 e. The largest absolute Gasteiger partial charge is 0.444 e. The third-order valence-electron chi connectivity index (χ3n) is 5.16. The second-order valence-corrected chi connectivity index (χ2v) is 8.91. The lowest BCUT2D eigenvalue weighted by molar-refractivity contribution is 0.0635. The smallest absolute Gasteiger partial charge is 0.412 e. The Balaban J connectivity index is 1.63. The number of rotatable bonds is 4. The van der Waals surface area contributed by atoms with Crippen LogP contribution in [0, 0.1) is 17.5 Å². The first-order valence-electron chi connectivity index (χ1n) is 10.7. The minimum absolute atomic E-state index is 0.0185. The number of hydrogen-bond donors (Lipinski definition) is 2. The second kappa shape index (κ2) is 8.85. The Morgan fingerprint density at radius 2 is 1.74 bits per heavy atom. The topological polar surface area (TPSA) is 85.2 Å². The van der Waals surface area contributed by atoms with E-state index in [4.69, 9.17) is 4.74 Å². The molecule has 0 aliphatic heterocycles. The van der Waals surface area contributed by atoms with E-state index < -0.39 is 35.1 Å². The molecule has 0 unspecified atom stereocenters. The number of amides is 2. The molecule has 2 amide bonds. The van der Waals surface area contributed by atoms with E-state index in [1.54, 1.807) is 20.8 Å². The van der Waals surface area contributed by atoms with Gasteiger partial charge in [-0.15, -0.1) is 0 Å². The number of anilines is 2. The van der Waals surface area contributed by atoms with Gasteiger partial charge in [0.15, 0.2) is 17.3 Å². The highest BCUT2D eigenvalue weighted by Crippen LogP contribution is 2.30. The molecule has 3 aromatic rings. The van der Waals surface area contributed by atoms with Gasteiger partial charge in [0.2, 0.25) is 0 Å². The maximum atomic E-state index is 13.9. The number of carbonyl (C=O) groups excluding carboxylic acids is 2. The van der Waals surface area contributed by atoms with Crippen molar-refractivity contribution in [2.45, 2.75) is 45.6 Å². The zero-order valence-electron chi connectivity index (χ0n) is 18.8. The van der Waals surface area contributed by atoms with E-state index in [1.165, 1.54) is 16.8 Å². The predicted octanol–water partition coefficient (Wildman–Crippen LogP) is 5.38. The van der Waals surface area contributed by atoms with Gasteiger partial charge in [-0.3, -0.25) is 10.1 Å². The molecular weight excluding hydrogens is 449 g/mol. The number of nitrogens with one attached hydrogen (secondary N) is 2. The highest BCUT2D eigenvalue weighted by molar-refractivity contribution is 6.06. The molecule has 1 heterocycles. The normalized spacial score (nSPS) is 12.9. The minimum atomic E-state index is -1.02. The first-order chi connectivity index (χ1) is 16.0. The summed E-state index contributed by atoms with van der Waals surface area (Å²) in [6.45, 7) is 5.09. The van der Waals surface area contributed by atoms with Crippen molar-refractivity contribution in [3.63, 3.8) is 0 Å². The van der Waals surface area contributed by atoms with Gasteiger partial charge in [0.1, 0.15) is 11.4 Å². The Kier molecular flexibility index (Phi) is 6.07. The minimum Gasteiger partial charge on any atom is -0.444 e. The molecule has 1 aliphatic carbocycles. The van der Waals surface area contributed by atoms with Crippen LogP contribution in [-0.2, 0) is 17.6 Å². The predicted molar refractivity (Wildman–Crippen MR) is 120 cm³/mol. The molecule has 178 valence electrons. The summed E-state index contributed by atoms with van der Waals surface area (Å²) in [4.78, 5) is 25.3. The van der Waals surface area contributed by atoms with Gasteiger partial charge >= 0.3 is 6.09 Å². The van der Waals surface area contributed by atoms with E-state index in [0.717, 1.165) is 36.4 Å². The Morgan fingerprint density at radius 1 is 0.971 bits per heavy atom. The van der Waals surface area contributed by atoms with Crippen molar-refractivity contribution in [1.29, 1.82) is 0 Å². The molecule has 0 bridgehead atoms. The van der Waals surface area contributed by atoms with Crippen LogP contribution in [0.2, 0.25) is 0 Å². The molecule has 0 radical (unpaired) electrons. The number of aromatic nitrogens is 2. The van der Waals surface area contributed by atoms with Gasteiger partial charge < -0.3 is 10.1 Å². The maximum absolute atomic E-state index is 13.9. The van der Waals surface area contributed by atoms with Crippen LogP contribution in [0.25, 0.3) is 5.69 Å². The molecule has 0 fully saturated rings. The van der Waals surface area contributed by atoms with Gasteiger partial charge in [-0.25, -0.2) is 22.6 Å². The lowest BCUT2D eigenvalue weighted by Crippen LogP contribution is -2.27. The van der Waals surface area contributed by atoms with Crippen LogP contribution in [-0.4, -0.2) is 27.4 Å². The summed E-state index contributed by atoms with van der Waals surface area (Å²) in [5, 5.41) is 9.43. The van der Waals surface area contributed by atoms with Crippen LogP contribution >= 0.6 is 0 Å². The summed E-state index contributed by atoms with van der Waals surface area (Å²) in [6.07, 6.45) is 1.19. The number of carbonyl (C=O) groups is 2. The van der Waals surface area contributed by atoms with Crippen molar-refractivity contribution in [2.75, 3.05) is 10.6 Å². The van der Waals surface area contributed by atoms with Gasteiger partial charge in [0.05, 0.1) is 17.1 Å². The van der Waals surface area contributed by atoms with E-state index in [-0.39, 0.29) is 22.8 Å². The van der Waals surface area contributed by atoms with Gasteiger partial charge in [-0.2, -0.15) is 5.10 Å². The monoisotopic (exact) mass is 472 g/mol. The molecular formula is C24H23F3N4O3. The van der Waals surface area contributed by atoms with Crippen LogP contribution in [0.1, 0.15) is 48.9 Å². The number of fused-ring (bicyclic) bond motifs is 1. The highest BCUT2D eigenvalue weighted by atomic mass is 19.2. The van der Waals surface area contributed by atoms with E-state index in [2.05, 4.69) is 15.7 Å². The Bertz CT molecular complexity index is 1280. The average Bonchev–Trinajstić information content (AvgIpc) is 3.33. The zero-order chi connectivity index (χ0) is 24.6. The summed E-state index contributed by atoms with van der Waals surface area (Å²) in [5.74, 6) is -3.26. The number of ether oxygens (including phenoxy) is 1. The molecule has 1 aromatic heterocycles. The molecule has 2 aromatic carbocycles. The van der Waals surface area contributed by atoms with Crippen molar-refractivity contribution < 1.29 is 27.5 Å². The molecule has 0 atom stereocenters. The highest BCUT2D eigenvalue weighted by Gasteiger charge is 2.28. The number of hydrogen-bond acceptors (Lipinski definition) is 4. The summed E-state index contributed by atoms with van der Waals surface area (Å²) >= 11 is 0. The Morgan fingerprint density at radius 3 is 2.44 bits per heavy atom. The fourth-order valence-electron chi connectivity index (χ4n) is 3.77. The fourth-order valence-corrected chi connectivity index (χ4v) is 3.77. The standard InChI is InChI=1S/C24H23F3N4O3/c1-24(2,3)34-23(33)29-18-10-7-13(25)11-19(18)28-22(32)21-15-5-4-6-20(15)31(30-21)14-8-9-16(26)17(27)12-14/h7-12H,4-6H2,1-3H3,(H,28,32)(H,29,33). The van der Waals surface area contributed by atoms with E-state index in [1.807, 2.05) is 0 Å². The van der Waals surface area contributed by atoms with Crippen molar-refractivity contribution in [1.82, 2.24) is 9.78 Å². The number of nitrogens with zero attached hydrogens (tertiary/aromatic N) is 2. The van der Waals surface area contributed by atoms with Crippen LogP contribution in [0.3, 0.4) is 0 Å². The molecule has 4 rings (SSSR count). The van der Waals surface area contributed by atoms with Crippen molar-refractivity contribution in [2.24, 2.45) is 0 Å². The second-order valence-electron chi connectivity index (χ2n) is 8.91. The van der Waals surface area contributed by atoms with Crippen molar-refractivity contribution in [3.05, 3.63) is 70.8 Å². The molecule has 2 N–H and O–H groups in total. The van der Waals surface area contributed by atoms with E-state index in [9.17, 15) is 22.8 Å². The fraction of sp³-hybridized carbons (Fsp3) is 0.292.